The van der Waals surface area contributed by atoms with Crippen LogP contribution in [0.25, 0.3) is 0 Å². The molecule has 1 unspecified atom stereocenters. The zero-order chi connectivity index (χ0) is 11.5. The molecule has 0 fully saturated rings. The summed E-state index contributed by atoms with van der Waals surface area (Å²) in [5, 5.41) is 10.9. The molecule has 0 radical (unpaired) electrons. The highest BCUT2D eigenvalue weighted by atomic mass is 32.2. The summed E-state index contributed by atoms with van der Waals surface area (Å²) in [6.07, 6.45) is 0. The zero-order valence-corrected chi connectivity index (χ0v) is 9.08. The lowest BCUT2D eigenvalue weighted by Gasteiger charge is -2.04. The fourth-order valence-corrected chi connectivity index (χ4v) is 1.49. The van der Waals surface area contributed by atoms with Crippen LogP contribution in [0.2, 0.25) is 0 Å². The SMILES string of the molecule is Cc1nc(CNS(=O)(=O)C(C)C#N)no1. The van der Waals surface area contributed by atoms with Crippen LogP contribution < -0.4 is 4.72 Å². The first-order valence-corrected chi connectivity index (χ1v) is 5.67. The summed E-state index contributed by atoms with van der Waals surface area (Å²) in [6, 6.07) is 1.63. The van der Waals surface area contributed by atoms with Crippen molar-refractivity contribution < 1.29 is 12.9 Å². The lowest BCUT2D eigenvalue weighted by Crippen LogP contribution is -2.31. The van der Waals surface area contributed by atoms with Gasteiger partial charge in [-0.2, -0.15) is 10.2 Å². The molecule has 1 N–H and O–H groups in total. The Kier molecular flexibility index (Phi) is 3.39. The largest absolute Gasteiger partial charge is 0.340 e. The van der Waals surface area contributed by atoms with E-state index >= 15 is 0 Å². The van der Waals surface area contributed by atoms with Gasteiger partial charge in [0.1, 0.15) is 0 Å². The molecule has 82 valence electrons. The average molecular weight is 230 g/mol. The maximum absolute atomic E-state index is 11.3. The van der Waals surface area contributed by atoms with Gasteiger partial charge in [-0.05, 0) is 6.92 Å². The molecule has 8 heteroatoms. The molecule has 0 aromatic carbocycles. The monoisotopic (exact) mass is 230 g/mol. The molecule has 1 aromatic rings. The normalized spacial score (nSPS) is 13.4. The van der Waals surface area contributed by atoms with Crippen LogP contribution in [-0.4, -0.2) is 23.8 Å². The Labute approximate surface area is 87.1 Å². The number of aromatic nitrogens is 2. The second-order valence-electron chi connectivity index (χ2n) is 2.87. The molecule has 0 saturated carbocycles. The second-order valence-corrected chi connectivity index (χ2v) is 4.95. The lowest BCUT2D eigenvalue weighted by molar-refractivity contribution is 0.387. The van der Waals surface area contributed by atoms with Crippen LogP contribution in [0.3, 0.4) is 0 Å². The fourth-order valence-electron chi connectivity index (χ4n) is 0.773. The van der Waals surface area contributed by atoms with Crippen molar-refractivity contribution in [3.8, 4) is 6.07 Å². The van der Waals surface area contributed by atoms with Gasteiger partial charge in [-0.3, -0.25) is 0 Å². The van der Waals surface area contributed by atoms with Gasteiger partial charge < -0.3 is 4.52 Å². The Morgan fingerprint density at radius 2 is 2.33 bits per heavy atom. The molecule has 1 atom stereocenters. The number of rotatable bonds is 4. The van der Waals surface area contributed by atoms with Crippen molar-refractivity contribution in [2.75, 3.05) is 0 Å². The van der Waals surface area contributed by atoms with Crippen molar-refractivity contribution in [3.63, 3.8) is 0 Å². The van der Waals surface area contributed by atoms with Gasteiger partial charge in [0.05, 0.1) is 12.6 Å². The second kappa shape index (κ2) is 4.37. The van der Waals surface area contributed by atoms with Crippen molar-refractivity contribution in [3.05, 3.63) is 11.7 Å². The van der Waals surface area contributed by atoms with Crippen LogP contribution in [0, 0.1) is 18.3 Å². The Balaban J connectivity index is 2.62. The maximum Gasteiger partial charge on any atom is 0.228 e. The van der Waals surface area contributed by atoms with E-state index < -0.39 is 15.3 Å². The molecule has 0 aliphatic rings. The number of hydrogen-bond acceptors (Lipinski definition) is 6. The molecule has 1 heterocycles. The van der Waals surface area contributed by atoms with Crippen LogP contribution in [0.15, 0.2) is 4.52 Å². The quantitative estimate of drug-likeness (QED) is 0.761. The number of sulfonamides is 1. The molecule has 0 aliphatic carbocycles. The lowest BCUT2D eigenvalue weighted by atomic mass is 10.5. The van der Waals surface area contributed by atoms with Crippen LogP contribution in [0.5, 0.6) is 0 Å². The average Bonchev–Trinajstić information content (AvgIpc) is 2.60. The maximum atomic E-state index is 11.3. The molecule has 0 aliphatic heterocycles. The number of aryl methyl sites for hydroxylation is 1. The molecule has 0 saturated heterocycles. The number of nitrogens with zero attached hydrogens (tertiary/aromatic N) is 3. The van der Waals surface area contributed by atoms with Crippen molar-refractivity contribution in [1.29, 1.82) is 5.26 Å². The molecule has 7 nitrogen and oxygen atoms in total. The summed E-state index contributed by atoms with van der Waals surface area (Å²) < 4.78 is 29.5. The van der Waals surface area contributed by atoms with E-state index in [0.717, 1.165) is 0 Å². The zero-order valence-electron chi connectivity index (χ0n) is 8.26. The number of nitriles is 1. The predicted molar refractivity (Wildman–Crippen MR) is 49.9 cm³/mol. The van der Waals surface area contributed by atoms with Gasteiger partial charge in [0.2, 0.25) is 15.9 Å². The van der Waals surface area contributed by atoms with Gasteiger partial charge in [0.25, 0.3) is 0 Å². The Morgan fingerprint density at radius 3 is 2.80 bits per heavy atom. The van der Waals surface area contributed by atoms with Gasteiger partial charge in [-0.1, -0.05) is 5.16 Å². The smallest absolute Gasteiger partial charge is 0.228 e. The topological polar surface area (TPSA) is 109 Å². The molecule has 1 rings (SSSR count). The molecule has 0 amide bonds. The van der Waals surface area contributed by atoms with Crippen molar-refractivity contribution in [1.82, 2.24) is 14.9 Å². The summed E-state index contributed by atoms with van der Waals surface area (Å²) in [4.78, 5) is 3.81. The Morgan fingerprint density at radius 1 is 1.67 bits per heavy atom. The van der Waals surface area contributed by atoms with E-state index in [1.54, 1.807) is 13.0 Å². The highest BCUT2D eigenvalue weighted by Crippen LogP contribution is 1.99. The third-order valence-electron chi connectivity index (χ3n) is 1.65. The summed E-state index contributed by atoms with van der Waals surface area (Å²) in [5.74, 6) is 0.596. The molecular weight excluding hydrogens is 220 g/mol. The van der Waals surface area contributed by atoms with E-state index in [-0.39, 0.29) is 12.4 Å². The Hall–Kier alpha value is -1.46. The van der Waals surface area contributed by atoms with Gasteiger partial charge in [-0.25, -0.2) is 13.1 Å². The molecular formula is C7H10N4O3S. The fraction of sp³-hybridized carbons (Fsp3) is 0.571. The summed E-state index contributed by atoms with van der Waals surface area (Å²) in [7, 11) is -3.63. The minimum Gasteiger partial charge on any atom is -0.340 e. The van der Waals surface area contributed by atoms with Crippen molar-refractivity contribution in [2.45, 2.75) is 25.6 Å². The van der Waals surface area contributed by atoms with E-state index in [1.807, 2.05) is 0 Å². The minimum atomic E-state index is -3.63. The van der Waals surface area contributed by atoms with Crippen LogP contribution in [0.4, 0.5) is 0 Å². The Bertz CT molecular complexity index is 473. The molecule has 0 spiro atoms. The van der Waals surface area contributed by atoms with E-state index in [9.17, 15) is 8.42 Å². The highest BCUT2D eigenvalue weighted by molar-refractivity contribution is 7.90. The van der Waals surface area contributed by atoms with Crippen LogP contribution in [-0.2, 0) is 16.6 Å². The number of nitrogens with one attached hydrogen (secondary N) is 1. The summed E-state index contributed by atoms with van der Waals surface area (Å²) in [6.45, 7) is 2.82. The summed E-state index contributed by atoms with van der Waals surface area (Å²) >= 11 is 0. The van der Waals surface area contributed by atoms with Crippen LogP contribution >= 0.6 is 0 Å². The predicted octanol–water partition coefficient (Wildman–Crippen LogP) is -0.290. The minimum absolute atomic E-state index is 0.0777. The first-order chi connectivity index (χ1) is 6.95. The van der Waals surface area contributed by atoms with E-state index in [2.05, 4.69) is 19.4 Å². The van der Waals surface area contributed by atoms with E-state index in [0.29, 0.717) is 5.89 Å². The number of hydrogen-bond donors (Lipinski definition) is 1. The third kappa shape index (κ3) is 3.00. The van der Waals surface area contributed by atoms with Gasteiger partial charge >= 0.3 is 0 Å². The summed E-state index contributed by atoms with van der Waals surface area (Å²) in [5.41, 5.74) is 0. The van der Waals surface area contributed by atoms with Gasteiger partial charge in [-0.15, -0.1) is 0 Å². The van der Waals surface area contributed by atoms with Crippen LogP contribution in [0.1, 0.15) is 18.6 Å². The van der Waals surface area contributed by atoms with Gasteiger partial charge in [0, 0.05) is 6.92 Å². The first kappa shape index (κ1) is 11.6. The van der Waals surface area contributed by atoms with Crippen molar-refractivity contribution >= 4 is 10.0 Å². The van der Waals surface area contributed by atoms with E-state index in [1.165, 1.54) is 6.92 Å². The highest BCUT2D eigenvalue weighted by Gasteiger charge is 2.20. The first-order valence-electron chi connectivity index (χ1n) is 4.13. The van der Waals surface area contributed by atoms with Gasteiger partial charge in [0.15, 0.2) is 11.1 Å². The standard InChI is InChI=1S/C7H10N4O3S/c1-5(3-8)15(12,13)9-4-7-10-6(2)14-11-7/h5,9H,4H2,1-2H3. The molecule has 1 aromatic heterocycles. The third-order valence-corrected chi connectivity index (χ3v) is 3.23. The van der Waals surface area contributed by atoms with Crippen molar-refractivity contribution in [2.24, 2.45) is 0 Å². The van der Waals surface area contributed by atoms with E-state index in [4.69, 9.17) is 5.26 Å². The molecule has 15 heavy (non-hydrogen) atoms. The molecule has 0 bridgehead atoms.